The third-order valence-corrected chi connectivity index (χ3v) is 3.42. The van der Waals surface area contributed by atoms with Crippen LogP contribution in [0.1, 0.15) is 16.2 Å². The summed E-state index contributed by atoms with van der Waals surface area (Å²) in [6, 6.07) is 2.75. The number of carboxylic acid groups (broad SMARTS) is 1. The number of hydrogen-bond acceptors (Lipinski definition) is 5. The topological polar surface area (TPSA) is 80.9 Å². The molecule has 0 saturated carbocycles. The van der Waals surface area contributed by atoms with Crippen LogP contribution >= 0.6 is 23.4 Å². The van der Waals surface area contributed by atoms with E-state index in [0.717, 1.165) is 5.82 Å². The molecule has 2 aromatic heterocycles. The molecule has 2 heterocycles. The highest BCUT2D eigenvalue weighted by Gasteiger charge is 2.12. The van der Waals surface area contributed by atoms with Crippen molar-refractivity contribution in [2.75, 3.05) is 0 Å². The zero-order chi connectivity index (χ0) is 13.3. The third kappa shape index (κ3) is 2.62. The summed E-state index contributed by atoms with van der Waals surface area (Å²) >= 11 is 6.99. The van der Waals surface area contributed by atoms with Gasteiger partial charge < -0.3 is 9.67 Å². The van der Waals surface area contributed by atoms with Gasteiger partial charge in [0.05, 0.1) is 5.56 Å². The highest BCUT2D eigenvalue weighted by molar-refractivity contribution is 7.99. The van der Waals surface area contributed by atoms with Gasteiger partial charge in [0.25, 0.3) is 0 Å². The maximum absolute atomic E-state index is 10.9. The van der Waals surface area contributed by atoms with Crippen LogP contribution in [0, 0.1) is 6.92 Å². The molecule has 0 aliphatic rings. The summed E-state index contributed by atoms with van der Waals surface area (Å²) in [7, 11) is 1.82. The minimum Gasteiger partial charge on any atom is -0.478 e. The van der Waals surface area contributed by atoms with Crippen molar-refractivity contribution in [2.24, 2.45) is 7.05 Å². The molecule has 1 N–H and O–H groups in total. The van der Waals surface area contributed by atoms with Gasteiger partial charge in [0, 0.05) is 7.05 Å². The van der Waals surface area contributed by atoms with Gasteiger partial charge >= 0.3 is 5.97 Å². The number of carboxylic acids is 1. The second-order valence-corrected chi connectivity index (χ2v) is 4.89. The molecule has 94 valence electrons. The molecule has 2 rings (SSSR count). The Morgan fingerprint density at radius 3 is 2.72 bits per heavy atom. The van der Waals surface area contributed by atoms with Crippen LogP contribution in [0.15, 0.2) is 22.3 Å². The van der Waals surface area contributed by atoms with Crippen LogP contribution in [-0.4, -0.2) is 30.8 Å². The molecule has 6 nitrogen and oxygen atoms in total. The predicted octanol–water partition coefficient (Wildman–Crippen LogP) is 2.02. The Labute approximate surface area is 112 Å². The summed E-state index contributed by atoms with van der Waals surface area (Å²) in [6.07, 6.45) is 0. The average molecular weight is 285 g/mol. The maximum Gasteiger partial charge on any atom is 0.335 e. The largest absolute Gasteiger partial charge is 0.478 e. The fraction of sp³-hybridized carbons (Fsp3) is 0.200. The van der Waals surface area contributed by atoms with E-state index in [4.69, 9.17) is 16.7 Å². The molecule has 0 amide bonds. The standard InChI is InChI=1S/C10H9ClN4O2S/c1-5-13-14-10(15(5)2)18-8-4-6(9(16)17)3-7(11)12-8/h3-4H,1-2H3,(H,16,17). The fourth-order valence-corrected chi connectivity index (χ4v) is 2.35. The van der Waals surface area contributed by atoms with Crippen molar-refractivity contribution in [2.45, 2.75) is 17.1 Å². The summed E-state index contributed by atoms with van der Waals surface area (Å²) in [5.41, 5.74) is 0.0939. The zero-order valence-electron chi connectivity index (χ0n) is 9.59. The van der Waals surface area contributed by atoms with E-state index in [1.54, 1.807) is 4.57 Å². The molecule has 0 atom stereocenters. The van der Waals surface area contributed by atoms with Crippen molar-refractivity contribution >= 4 is 29.3 Å². The zero-order valence-corrected chi connectivity index (χ0v) is 11.2. The van der Waals surface area contributed by atoms with Gasteiger partial charge in [-0.2, -0.15) is 0 Å². The average Bonchev–Trinajstić information content (AvgIpc) is 2.60. The molecule has 8 heteroatoms. The van der Waals surface area contributed by atoms with Crippen molar-refractivity contribution in [3.05, 3.63) is 28.7 Å². The summed E-state index contributed by atoms with van der Waals surface area (Å²) in [6.45, 7) is 1.82. The highest BCUT2D eigenvalue weighted by Crippen LogP contribution is 2.26. The molecular formula is C10H9ClN4O2S. The van der Waals surface area contributed by atoms with Gasteiger partial charge in [0.15, 0.2) is 5.16 Å². The molecule has 0 aliphatic heterocycles. The van der Waals surface area contributed by atoms with Crippen molar-refractivity contribution in [3.63, 3.8) is 0 Å². The van der Waals surface area contributed by atoms with Crippen molar-refractivity contribution in [1.29, 1.82) is 0 Å². The lowest BCUT2D eigenvalue weighted by Crippen LogP contribution is -1.99. The lowest BCUT2D eigenvalue weighted by molar-refractivity contribution is 0.0696. The van der Waals surface area contributed by atoms with E-state index in [1.807, 2.05) is 14.0 Å². The fourth-order valence-electron chi connectivity index (χ4n) is 1.22. The molecule has 18 heavy (non-hydrogen) atoms. The first kappa shape index (κ1) is 12.8. The number of aryl methyl sites for hydroxylation is 1. The Kier molecular flexibility index (Phi) is 3.53. The normalized spacial score (nSPS) is 10.6. The molecule has 0 unspecified atom stereocenters. The molecular weight excluding hydrogens is 276 g/mol. The second kappa shape index (κ2) is 4.95. The van der Waals surface area contributed by atoms with Gasteiger partial charge in [0.2, 0.25) is 0 Å². The molecule has 2 aromatic rings. The Morgan fingerprint density at radius 1 is 1.44 bits per heavy atom. The molecule has 0 spiro atoms. The van der Waals surface area contributed by atoms with Crippen LogP contribution < -0.4 is 0 Å². The van der Waals surface area contributed by atoms with Gasteiger partial charge in [-0.25, -0.2) is 9.78 Å². The molecule has 0 fully saturated rings. The molecule has 0 bridgehead atoms. The number of pyridine rings is 1. The monoisotopic (exact) mass is 284 g/mol. The smallest absolute Gasteiger partial charge is 0.335 e. The number of halogens is 1. The Balaban J connectivity index is 2.34. The van der Waals surface area contributed by atoms with Gasteiger partial charge in [0.1, 0.15) is 16.0 Å². The SMILES string of the molecule is Cc1nnc(Sc2cc(C(=O)O)cc(Cl)n2)n1C. The van der Waals surface area contributed by atoms with Gasteiger partial charge in [-0.15, -0.1) is 10.2 Å². The van der Waals surface area contributed by atoms with Crippen molar-refractivity contribution in [3.8, 4) is 0 Å². The Morgan fingerprint density at radius 2 is 2.17 bits per heavy atom. The quantitative estimate of drug-likeness (QED) is 0.869. The minimum absolute atomic E-state index is 0.0939. The Bertz CT molecular complexity index is 614. The van der Waals surface area contributed by atoms with E-state index in [1.165, 1.54) is 23.9 Å². The lowest BCUT2D eigenvalue weighted by Gasteiger charge is -2.03. The van der Waals surface area contributed by atoms with Crippen molar-refractivity contribution in [1.82, 2.24) is 19.7 Å². The first-order valence-corrected chi connectivity index (χ1v) is 6.11. The Hall–Kier alpha value is -1.60. The van der Waals surface area contributed by atoms with Crippen LogP contribution in [0.5, 0.6) is 0 Å². The van der Waals surface area contributed by atoms with Crippen LogP contribution in [0.2, 0.25) is 5.15 Å². The first-order valence-electron chi connectivity index (χ1n) is 4.92. The van der Waals surface area contributed by atoms with E-state index >= 15 is 0 Å². The van der Waals surface area contributed by atoms with E-state index in [-0.39, 0.29) is 10.7 Å². The minimum atomic E-state index is -1.05. The van der Waals surface area contributed by atoms with Gasteiger partial charge in [-0.1, -0.05) is 11.6 Å². The molecule has 0 saturated heterocycles. The van der Waals surface area contributed by atoms with Gasteiger partial charge in [-0.05, 0) is 30.8 Å². The number of aromatic nitrogens is 4. The number of carbonyl (C=O) groups is 1. The van der Waals surface area contributed by atoms with Crippen LogP contribution in [0.25, 0.3) is 0 Å². The van der Waals surface area contributed by atoms with Gasteiger partial charge in [-0.3, -0.25) is 0 Å². The summed E-state index contributed by atoms with van der Waals surface area (Å²) < 4.78 is 1.79. The van der Waals surface area contributed by atoms with E-state index < -0.39 is 5.97 Å². The van der Waals surface area contributed by atoms with Crippen molar-refractivity contribution < 1.29 is 9.90 Å². The molecule has 0 radical (unpaired) electrons. The summed E-state index contributed by atoms with van der Waals surface area (Å²) in [4.78, 5) is 14.9. The van der Waals surface area contributed by atoms with E-state index in [9.17, 15) is 4.79 Å². The number of rotatable bonds is 3. The number of hydrogen-bond donors (Lipinski definition) is 1. The number of aromatic carboxylic acids is 1. The van der Waals surface area contributed by atoms with Crippen LogP contribution in [-0.2, 0) is 7.05 Å². The molecule has 0 aromatic carbocycles. The highest BCUT2D eigenvalue weighted by atomic mass is 35.5. The first-order chi connectivity index (χ1) is 8.47. The van der Waals surface area contributed by atoms with Crippen LogP contribution in [0.3, 0.4) is 0 Å². The predicted molar refractivity (Wildman–Crippen MR) is 66.1 cm³/mol. The summed E-state index contributed by atoms with van der Waals surface area (Å²) in [5, 5.41) is 18.0. The molecule has 0 aliphatic carbocycles. The third-order valence-electron chi connectivity index (χ3n) is 2.27. The van der Waals surface area contributed by atoms with Crippen LogP contribution in [0.4, 0.5) is 0 Å². The second-order valence-electron chi connectivity index (χ2n) is 3.51. The number of nitrogens with zero attached hydrogens (tertiary/aromatic N) is 4. The lowest BCUT2D eigenvalue weighted by atomic mass is 10.3. The van der Waals surface area contributed by atoms with E-state index in [2.05, 4.69) is 15.2 Å². The maximum atomic E-state index is 10.9. The summed E-state index contributed by atoms with van der Waals surface area (Å²) in [5.74, 6) is -0.284. The van der Waals surface area contributed by atoms with E-state index in [0.29, 0.717) is 10.2 Å².